The van der Waals surface area contributed by atoms with E-state index in [4.69, 9.17) is 9.47 Å². The van der Waals surface area contributed by atoms with Crippen molar-refractivity contribution in [2.24, 2.45) is 0 Å². The van der Waals surface area contributed by atoms with Crippen LogP contribution in [-0.2, 0) is 11.3 Å². The van der Waals surface area contributed by atoms with Crippen molar-refractivity contribution in [3.8, 4) is 5.75 Å². The maximum atomic E-state index is 13.6. The second-order valence-electron chi connectivity index (χ2n) is 4.22. The van der Waals surface area contributed by atoms with Gasteiger partial charge in [-0.3, -0.25) is 0 Å². The van der Waals surface area contributed by atoms with Gasteiger partial charge in [0.15, 0.2) is 17.4 Å². The molecule has 3 nitrogen and oxygen atoms in total. The Morgan fingerprint density at radius 3 is 2.33 bits per heavy atom. The first-order valence-corrected chi connectivity index (χ1v) is 5.88. The number of methoxy groups -OCH3 is 1. The molecule has 5 heteroatoms. The maximum Gasteiger partial charge on any atom is 0.191 e. The highest BCUT2D eigenvalue weighted by molar-refractivity contribution is 5.31. The summed E-state index contributed by atoms with van der Waals surface area (Å²) in [6.45, 7) is 5.01. The molecular formula is C13H19F2NO2. The summed E-state index contributed by atoms with van der Waals surface area (Å²) in [6, 6.07) is 2.56. The van der Waals surface area contributed by atoms with E-state index in [2.05, 4.69) is 5.32 Å². The monoisotopic (exact) mass is 259 g/mol. The molecule has 0 saturated heterocycles. The van der Waals surface area contributed by atoms with E-state index in [1.165, 1.54) is 12.1 Å². The summed E-state index contributed by atoms with van der Waals surface area (Å²) in [5.41, 5.74) is 0.539. The van der Waals surface area contributed by atoms with Crippen LogP contribution < -0.4 is 10.1 Å². The molecule has 0 bridgehead atoms. The van der Waals surface area contributed by atoms with Crippen molar-refractivity contribution in [2.75, 3.05) is 20.3 Å². The minimum atomic E-state index is -0.674. The standard InChI is InChI=1S/C13H19F2NO2/c1-9(2)18-13-11(14)6-10(7-12(13)15)8-16-4-5-17-3/h6-7,9,16H,4-5,8H2,1-3H3. The van der Waals surface area contributed by atoms with Crippen molar-refractivity contribution in [2.45, 2.75) is 26.5 Å². The Morgan fingerprint density at radius 2 is 1.83 bits per heavy atom. The van der Waals surface area contributed by atoms with Gasteiger partial charge in [0.05, 0.1) is 12.7 Å². The molecule has 1 N–H and O–H groups in total. The smallest absolute Gasteiger partial charge is 0.191 e. The first kappa shape index (κ1) is 14.9. The van der Waals surface area contributed by atoms with Gasteiger partial charge in [0.2, 0.25) is 0 Å². The number of nitrogens with one attached hydrogen (secondary N) is 1. The fourth-order valence-electron chi connectivity index (χ4n) is 1.47. The lowest BCUT2D eigenvalue weighted by Crippen LogP contribution is -2.19. The number of halogens is 2. The Labute approximate surface area is 106 Å². The Hall–Kier alpha value is -1.20. The van der Waals surface area contributed by atoms with Crippen LogP contribution in [0.15, 0.2) is 12.1 Å². The number of hydrogen-bond acceptors (Lipinski definition) is 3. The summed E-state index contributed by atoms with van der Waals surface area (Å²) < 4.78 is 37.2. The van der Waals surface area contributed by atoms with Gasteiger partial charge in [-0.1, -0.05) is 0 Å². The molecule has 102 valence electrons. The molecule has 0 heterocycles. The molecule has 1 aromatic carbocycles. The quantitative estimate of drug-likeness (QED) is 0.763. The van der Waals surface area contributed by atoms with E-state index < -0.39 is 11.6 Å². The highest BCUT2D eigenvalue weighted by atomic mass is 19.1. The number of hydrogen-bond donors (Lipinski definition) is 1. The van der Waals surface area contributed by atoms with E-state index in [-0.39, 0.29) is 11.9 Å². The minimum absolute atomic E-state index is 0.264. The molecule has 0 spiro atoms. The lowest BCUT2D eigenvalue weighted by atomic mass is 10.2. The van der Waals surface area contributed by atoms with Crippen molar-refractivity contribution in [1.82, 2.24) is 5.32 Å². The Bertz CT molecular complexity index is 360. The summed E-state index contributed by atoms with van der Waals surface area (Å²) in [4.78, 5) is 0. The summed E-state index contributed by atoms with van der Waals surface area (Å²) in [5.74, 6) is -1.66. The summed E-state index contributed by atoms with van der Waals surface area (Å²) in [6.07, 6.45) is -0.264. The van der Waals surface area contributed by atoms with E-state index in [0.29, 0.717) is 25.3 Å². The zero-order valence-corrected chi connectivity index (χ0v) is 10.9. The molecule has 0 aliphatic rings. The van der Waals surface area contributed by atoms with E-state index in [1.54, 1.807) is 21.0 Å². The van der Waals surface area contributed by atoms with Crippen LogP contribution in [0.5, 0.6) is 5.75 Å². The molecule has 1 rings (SSSR count). The molecule has 0 atom stereocenters. The topological polar surface area (TPSA) is 30.5 Å². The van der Waals surface area contributed by atoms with Crippen molar-refractivity contribution >= 4 is 0 Å². The molecule has 0 radical (unpaired) electrons. The fourth-order valence-corrected chi connectivity index (χ4v) is 1.47. The van der Waals surface area contributed by atoms with Gasteiger partial charge in [0.25, 0.3) is 0 Å². The first-order valence-electron chi connectivity index (χ1n) is 5.88. The predicted octanol–water partition coefficient (Wildman–Crippen LogP) is 2.49. The van der Waals surface area contributed by atoms with Crippen LogP contribution in [0.25, 0.3) is 0 Å². The van der Waals surface area contributed by atoms with Crippen molar-refractivity contribution in [1.29, 1.82) is 0 Å². The van der Waals surface area contributed by atoms with Gasteiger partial charge in [-0.25, -0.2) is 8.78 Å². The molecule has 0 aromatic heterocycles. The average Bonchev–Trinajstić information content (AvgIpc) is 2.29. The molecule has 18 heavy (non-hydrogen) atoms. The van der Waals surface area contributed by atoms with Crippen LogP contribution >= 0.6 is 0 Å². The van der Waals surface area contributed by atoms with Gasteiger partial charge in [-0.05, 0) is 31.5 Å². The van der Waals surface area contributed by atoms with Crippen LogP contribution in [-0.4, -0.2) is 26.4 Å². The van der Waals surface area contributed by atoms with Gasteiger partial charge in [0.1, 0.15) is 0 Å². The molecule has 0 unspecified atom stereocenters. The van der Waals surface area contributed by atoms with Gasteiger partial charge in [0, 0.05) is 20.2 Å². The molecule has 0 amide bonds. The highest BCUT2D eigenvalue weighted by Crippen LogP contribution is 2.24. The summed E-state index contributed by atoms with van der Waals surface area (Å²) in [7, 11) is 1.60. The van der Waals surface area contributed by atoms with Crippen LogP contribution in [0.4, 0.5) is 8.78 Å². The zero-order valence-electron chi connectivity index (χ0n) is 10.9. The molecule has 0 saturated carbocycles. The van der Waals surface area contributed by atoms with Crippen LogP contribution in [0.3, 0.4) is 0 Å². The predicted molar refractivity (Wildman–Crippen MR) is 65.7 cm³/mol. The van der Waals surface area contributed by atoms with Crippen molar-refractivity contribution < 1.29 is 18.3 Å². The van der Waals surface area contributed by atoms with E-state index in [1.807, 2.05) is 0 Å². The second kappa shape index (κ2) is 7.28. The largest absolute Gasteiger partial charge is 0.485 e. The molecule has 0 aliphatic heterocycles. The van der Waals surface area contributed by atoms with Crippen molar-refractivity contribution in [3.05, 3.63) is 29.3 Å². The molecule has 0 fully saturated rings. The maximum absolute atomic E-state index is 13.6. The second-order valence-corrected chi connectivity index (χ2v) is 4.22. The normalized spacial score (nSPS) is 11.0. The fraction of sp³-hybridized carbons (Fsp3) is 0.538. The van der Waals surface area contributed by atoms with Crippen molar-refractivity contribution in [3.63, 3.8) is 0 Å². The van der Waals surface area contributed by atoms with Crippen LogP contribution in [0.2, 0.25) is 0 Å². The lowest BCUT2D eigenvalue weighted by Gasteiger charge is -2.13. The molecule has 0 aliphatic carbocycles. The van der Waals surface area contributed by atoms with E-state index in [9.17, 15) is 8.78 Å². The number of rotatable bonds is 7. The molecule has 1 aromatic rings. The van der Waals surface area contributed by atoms with E-state index in [0.717, 1.165) is 0 Å². The lowest BCUT2D eigenvalue weighted by molar-refractivity contribution is 0.199. The van der Waals surface area contributed by atoms with Gasteiger partial charge in [-0.15, -0.1) is 0 Å². The minimum Gasteiger partial charge on any atom is -0.485 e. The Kier molecular flexibility index (Phi) is 6.01. The number of ether oxygens (including phenoxy) is 2. The third kappa shape index (κ3) is 4.58. The number of benzene rings is 1. The van der Waals surface area contributed by atoms with Crippen LogP contribution in [0.1, 0.15) is 19.4 Å². The van der Waals surface area contributed by atoms with Crippen LogP contribution in [0, 0.1) is 11.6 Å². The highest BCUT2D eigenvalue weighted by Gasteiger charge is 2.13. The van der Waals surface area contributed by atoms with Gasteiger partial charge >= 0.3 is 0 Å². The zero-order chi connectivity index (χ0) is 13.5. The first-order chi connectivity index (χ1) is 8.54. The average molecular weight is 259 g/mol. The SMILES string of the molecule is COCCNCc1cc(F)c(OC(C)C)c(F)c1. The molecular weight excluding hydrogens is 240 g/mol. The summed E-state index contributed by atoms with van der Waals surface area (Å²) in [5, 5.41) is 3.02. The summed E-state index contributed by atoms with van der Waals surface area (Å²) >= 11 is 0. The Morgan fingerprint density at radius 1 is 1.22 bits per heavy atom. The van der Waals surface area contributed by atoms with Gasteiger partial charge in [-0.2, -0.15) is 0 Å². The third-order valence-corrected chi connectivity index (χ3v) is 2.22. The Balaban J connectivity index is 2.67. The van der Waals surface area contributed by atoms with Gasteiger partial charge < -0.3 is 14.8 Å². The van der Waals surface area contributed by atoms with E-state index >= 15 is 0 Å². The third-order valence-electron chi connectivity index (χ3n) is 2.22.